The molecule has 7 unspecified atom stereocenters. The standard InChI is InChI=1S/C64H117NO8/c1-3-5-7-9-11-13-15-17-19-20-21-22-23-24-25-26-27-28-29-30-31-32-33-34-35-36-37-38-40-42-44-46-48-50-52-54-60(68)65-57(56-72-64-63(71)62(70)61(69)59(55-66)73-64)58(67)53-51-49-47-45-43-41-39-18-16-14-12-10-8-6-4-2/h16,18,23-24,26-27,43,45,51,53,57-59,61-64,66-67,69-71H,3-15,17,19-22,25,28-42,44,46-50,52,54-56H2,1-2H3,(H,65,68)/b18-16+,24-23-,27-26-,45-43+,53-51+. The fourth-order valence-corrected chi connectivity index (χ4v) is 9.63. The van der Waals surface area contributed by atoms with Gasteiger partial charge >= 0.3 is 0 Å². The average molecular weight is 1030 g/mol. The van der Waals surface area contributed by atoms with Gasteiger partial charge in [0.25, 0.3) is 0 Å². The van der Waals surface area contributed by atoms with Crippen LogP contribution in [0.2, 0.25) is 0 Å². The van der Waals surface area contributed by atoms with E-state index in [9.17, 15) is 30.3 Å². The van der Waals surface area contributed by atoms with Crippen LogP contribution >= 0.6 is 0 Å². The summed E-state index contributed by atoms with van der Waals surface area (Å²) in [6.45, 7) is 3.76. The van der Waals surface area contributed by atoms with Crippen molar-refractivity contribution >= 4 is 5.91 Å². The number of rotatable bonds is 53. The molecule has 1 fully saturated rings. The Bertz CT molecular complexity index is 1330. The first-order valence-corrected chi connectivity index (χ1v) is 31.0. The van der Waals surface area contributed by atoms with Crippen molar-refractivity contribution in [1.29, 1.82) is 0 Å². The lowest BCUT2D eigenvalue weighted by atomic mass is 9.99. The third kappa shape index (κ3) is 42.7. The number of aliphatic hydroxyl groups is 5. The summed E-state index contributed by atoms with van der Waals surface area (Å²) >= 11 is 0. The van der Waals surface area contributed by atoms with Gasteiger partial charge in [-0.1, -0.05) is 261 Å². The summed E-state index contributed by atoms with van der Waals surface area (Å²) in [4.78, 5) is 13.1. The van der Waals surface area contributed by atoms with E-state index in [2.05, 4.69) is 67.8 Å². The van der Waals surface area contributed by atoms with Crippen LogP contribution in [0.3, 0.4) is 0 Å². The predicted molar refractivity (Wildman–Crippen MR) is 309 cm³/mol. The van der Waals surface area contributed by atoms with E-state index in [0.717, 1.165) is 57.8 Å². The van der Waals surface area contributed by atoms with Crippen LogP contribution in [0.4, 0.5) is 0 Å². The minimum absolute atomic E-state index is 0.190. The van der Waals surface area contributed by atoms with Crippen LogP contribution in [0.1, 0.15) is 284 Å². The Kier molecular flexibility index (Phi) is 50.3. The Hall–Kier alpha value is -2.11. The number of ether oxygens (including phenoxy) is 2. The van der Waals surface area contributed by atoms with Gasteiger partial charge < -0.3 is 40.3 Å². The second-order valence-corrected chi connectivity index (χ2v) is 21.5. The lowest BCUT2D eigenvalue weighted by Gasteiger charge is -2.40. The van der Waals surface area contributed by atoms with Crippen molar-refractivity contribution in [1.82, 2.24) is 5.32 Å². The van der Waals surface area contributed by atoms with Crippen molar-refractivity contribution in [3.05, 3.63) is 60.8 Å². The van der Waals surface area contributed by atoms with E-state index in [1.807, 2.05) is 6.08 Å². The molecule has 426 valence electrons. The first-order chi connectivity index (χ1) is 35.8. The normalized spacial score (nSPS) is 19.5. The molecule has 9 heteroatoms. The SMILES string of the molecule is CCCCCCC/C=C/CC/C=C/CC/C=C/C(O)C(COC1OC(CO)C(O)C(O)C1O)NC(=O)CCCCCCCCCCCCCCCCCCC/C=C\C/C=C\CCCCCCCCCCCCC. The molecule has 0 aliphatic carbocycles. The van der Waals surface area contributed by atoms with Crippen molar-refractivity contribution in [3.63, 3.8) is 0 Å². The number of allylic oxidation sites excluding steroid dienone is 9. The quantitative estimate of drug-likeness (QED) is 0.0261. The number of carbonyl (C=O) groups excluding carboxylic acids is 1. The highest BCUT2D eigenvalue weighted by atomic mass is 16.7. The molecule has 1 amide bonds. The van der Waals surface area contributed by atoms with Crippen molar-refractivity contribution in [2.75, 3.05) is 13.2 Å². The first kappa shape index (κ1) is 68.9. The van der Waals surface area contributed by atoms with Gasteiger partial charge in [0.1, 0.15) is 24.4 Å². The van der Waals surface area contributed by atoms with E-state index >= 15 is 0 Å². The molecule has 7 atom stereocenters. The number of hydrogen-bond donors (Lipinski definition) is 6. The Morgan fingerprint density at radius 2 is 0.822 bits per heavy atom. The zero-order valence-corrected chi connectivity index (χ0v) is 47.4. The van der Waals surface area contributed by atoms with Gasteiger partial charge in [0, 0.05) is 6.42 Å². The van der Waals surface area contributed by atoms with Gasteiger partial charge in [-0.2, -0.15) is 0 Å². The van der Waals surface area contributed by atoms with E-state index in [1.54, 1.807) is 6.08 Å². The maximum atomic E-state index is 13.1. The third-order valence-electron chi connectivity index (χ3n) is 14.5. The first-order valence-electron chi connectivity index (χ1n) is 31.0. The van der Waals surface area contributed by atoms with Crippen molar-refractivity contribution in [2.45, 2.75) is 326 Å². The van der Waals surface area contributed by atoms with Crippen molar-refractivity contribution < 1.29 is 39.8 Å². The third-order valence-corrected chi connectivity index (χ3v) is 14.5. The van der Waals surface area contributed by atoms with Gasteiger partial charge in [0.15, 0.2) is 6.29 Å². The van der Waals surface area contributed by atoms with Crippen LogP contribution in [0.25, 0.3) is 0 Å². The van der Waals surface area contributed by atoms with Crippen LogP contribution in [0.5, 0.6) is 0 Å². The number of hydrogen-bond acceptors (Lipinski definition) is 8. The molecule has 73 heavy (non-hydrogen) atoms. The summed E-state index contributed by atoms with van der Waals surface area (Å²) < 4.78 is 11.2. The van der Waals surface area contributed by atoms with Gasteiger partial charge in [0.2, 0.25) is 5.91 Å². The van der Waals surface area contributed by atoms with Crippen LogP contribution < -0.4 is 5.32 Å². The number of amides is 1. The zero-order chi connectivity index (χ0) is 52.9. The predicted octanol–water partition coefficient (Wildman–Crippen LogP) is 15.9. The molecule has 1 aliphatic heterocycles. The lowest BCUT2D eigenvalue weighted by molar-refractivity contribution is -0.302. The van der Waals surface area contributed by atoms with Crippen LogP contribution in [-0.2, 0) is 14.3 Å². The Labute approximate surface area is 449 Å². The van der Waals surface area contributed by atoms with E-state index < -0.39 is 49.5 Å². The van der Waals surface area contributed by atoms with Gasteiger partial charge in [-0.3, -0.25) is 4.79 Å². The zero-order valence-electron chi connectivity index (χ0n) is 47.4. The van der Waals surface area contributed by atoms with E-state index in [4.69, 9.17) is 9.47 Å². The van der Waals surface area contributed by atoms with Gasteiger partial charge in [0.05, 0.1) is 25.4 Å². The number of aliphatic hydroxyl groups excluding tert-OH is 5. The minimum Gasteiger partial charge on any atom is -0.394 e. The molecule has 1 rings (SSSR count). The summed E-state index contributed by atoms with van der Waals surface area (Å²) in [7, 11) is 0. The maximum Gasteiger partial charge on any atom is 0.220 e. The Balaban J connectivity index is 2.12. The smallest absolute Gasteiger partial charge is 0.220 e. The fourth-order valence-electron chi connectivity index (χ4n) is 9.63. The molecule has 0 radical (unpaired) electrons. The highest BCUT2D eigenvalue weighted by molar-refractivity contribution is 5.76. The Morgan fingerprint density at radius 1 is 0.466 bits per heavy atom. The van der Waals surface area contributed by atoms with Gasteiger partial charge in [-0.25, -0.2) is 0 Å². The highest BCUT2D eigenvalue weighted by Crippen LogP contribution is 2.23. The molecule has 0 saturated carbocycles. The molecule has 6 N–H and O–H groups in total. The molecule has 1 aliphatic rings. The minimum atomic E-state index is -1.58. The van der Waals surface area contributed by atoms with Gasteiger partial charge in [-0.05, 0) is 77.0 Å². The Morgan fingerprint density at radius 3 is 1.23 bits per heavy atom. The lowest BCUT2D eigenvalue weighted by Crippen LogP contribution is -2.60. The summed E-state index contributed by atoms with van der Waals surface area (Å²) in [6, 6.07) is -0.829. The fraction of sp³-hybridized carbons (Fsp3) is 0.828. The topological polar surface area (TPSA) is 149 Å². The summed E-state index contributed by atoms with van der Waals surface area (Å²) in [5.41, 5.74) is 0. The molecule has 9 nitrogen and oxygen atoms in total. The van der Waals surface area contributed by atoms with Crippen LogP contribution in [-0.4, -0.2) is 87.5 Å². The molecule has 1 heterocycles. The van der Waals surface area contributed by atoms with E-state index in [1.165, 1.54) is 205 Å². The molecule has 0 aromatic carbocycles. The largest absolute Gasteiger partial charge is 0.394 e. The highest BCUT2D eigenvalue weighted by Gasteiger charge is 2.44. The number of carbonyl (C=O) groups is 1. The number of nitrogens with one attached hydrogen (secondary N) is 1. The number of unbranched alkanes of at least 4 members (excludes halogenated alkanes) is 35. The maximum absolute atomic E-state index is 13.1. The van der Waals surface area contributed by atoms with Crippen molar-refractivity contribution in [2.24, 2.45) is 0 Å². The van der Waals surface area contributed by atoms with Crippen LogP contribution in [0, 0.1) is 0 Å². The summed E-state index contributed by atoms with van der Waals surface area (Å²) in [5.74, 6) is -0.190. The average Bonchev–Trinajstić information content (AvgIpc) is 3.39. The molecule has 0 aromatic heterocycles. The molecule has 0 bridgehead atoms. The summed E-state index contributed by atoms with van der Waals surface area (Å²) in [6.07, 6.45) is 66.0. The van der Waals surface area contributed by atoms with Crippen LogP contribution in [0.15, 0.2) is 60.8 Å². The molecule has 0 aromatic rings. The molecular formula is C64H117NO8. The second-order valence-electron chi connectivity index (χ2n) is 21.5. The monoisotopic (exact) mass is 1030 g/mol. The van der Waals surface area contributed by atoms with Crippen molar-refractivity contribution in [3.8, 4) is 0 Å². The molecule has 0 spiro atoms. The molecule has 1 saturated heterocycles. The van der Waals surface area contributed by atoms with Gasteiger partial charge in [-0.15, -0.1) is 0 Å². The van der Waals surface area contributed by atoms with E-state index in [0.29, 0.717) is 6.42 Å². The molecular weight excluding hydrogens is 911 g/mol. The summed E-state index contributed by atoms with van der Waals surface area (Å²) in [5, 5.41) is 54.4. The van der Waals surface area contributed by atoms with E-state index in [-0.39, 0.29) is 12.5 Å². The second kappa shape index (κ2) is 53.3.